The lowest BCUT2D eigenvalue weighted by molar-refractivity contribution is -0.0426. The number of hydrogen-bond acceptors (Lipinski definition) is 5. The van der Waals surface area contributed by atoms with Crippen LogP contribution < -0.4 is 5.32 Å². The molecule has 1 amide bonds. The van der Waals surface area contributed by atoms with Crippen molar-refractivity contribution < 1.29 is 14.7 Å². The maximum Gasteiger partial charge on any atom is 0.435 e. The summed E-state index contributed by atoms with van der Waals surface area (Å²) in [5, 5.41) is 17.6. The minimum atomic E-state index is -0.389. The second-order valence-electron chi connectivity index (χ2n) is 11.4. The van der Waals surface area contributed by atoms with Gasteiger partial charge in [0, 0.05) is 26.1 Å². The third-order valence-corrected chi connectivity index (χ3v) is 9.86. The standard InChI is InChI=1S/C26H43N3O3/c1-17(28-32-24(31)29(5)15-14-27-4)21-8-9-22-20-7-6-18-16-19(30)10-12-25(18,2)23(20)11-13-26(21,22)3/h6,19-23,27,30H,7-16H2,1-5H3/b28-17+/t19-,20-,21+,22-,23-,25-,26+/m0/s1. The van der Waals surface area contributed by atoms with Gasteiger partial charge in [0.2, 0.25) is 0 Å². The number of amides is 1. The molecule has 0 saturated heterocycles. The van der Waals surface area contributed by atoms with E-state index in [0.717, 1.165) is 56.2 Å². The number of aliphatic hydroxyl groups is 1. The predicted octanol–water partition coefficient (Wildman–Crippen LogP) is 4.59. The van der Waals surface area contributed by atoms with Gasteiger partial charge < -0.3 is 15.3 Å². The molecule has 0 aromatic rings. The number of carbonyl (C=O) groups is 1. The molecule has 0 radical (unpaired) electrons. The van der Waals surface area contributed by atoms with Crippen LogP contribution in [0.1, 0.15) is 72.1 Å². The highest BCUT2D eigenvalue weighted by Gasteiger charge is 2.59. The zero-order chi connectivity index (χ0) is 23.1. The zero-order valence-corrected chi connectivity index (χ0v) is 20.7. The Morgan fingerprint density at radius 3 is 2.78 bits per heavy atom. The number of likely N-dealkylation sites (N-methyl/N-ethyl adjacent to an activating group) is 2. The van der Waals surface area contributed by atoms with Crippen molar-refractivity contribution in [3.63, 3.8) is 0 Å². The number of allylic oxidation sites excluding steroid dienone is 1. The van der Waals surface area contributed by atoms with E-state index >= 15 is 0 Å². The minimum absolute atomic E-state index is 0.144. The summed E-state index contributed by atoms with van der Waals surface area (Å²) < 4.78 is 0. The zero-order valence-electron chi connectivity index (χ0n) is 20.7. The van der Waals surface area contributed by atoms with Crippen LogP contribution in [-0.4, -0.2) is 55.1 Å². The molecule has 4 aliphatic carbocycles. The Labute approximate surface area is 193 Å². The number of rotatable bonds is 5. The largest absolute Gasteiger partial charge is 0.435 e. The van der Waals surface area contributed by atoms with E-state index in [0.29, 0.717) is 18.4 Å². The first-order valence-electron chi connectivity index (χ1n) is 12.7. The van der Waals surface area contributed by atoms with Crippen molar-refractivity contribution in [3.8, 4) is 0 Å². The number of nitrogens with zero attached hydrogens (tertiary/aromatic N) is 2. The van der Waals surface area contributed by atoms with Gasteiger partial charge in [-0.3, -0.25) is 4.84 Å². The van der Waals surface area contributed by atoms with Gasteiger partial charge in [0.05, 0.1) is 11.8 Å². The summed E-state index contributed by atoms with van der Waals surface area (Å²) in [5.74, 6) is 2.55. The van der Waals surface area contributed by atoms with E-state index in [1.807, 2.05) is 14.0 Å². The smallest absolute Gasteiger partial charge is 0.393 e. The fraction of sp³-hybridized carbons (Fsp3) is 0.846. The molecular weight excluding hydrogens is 402 g/mol. The van der Waals surface area contributed by atoms with Crippen LogP contribution in [-0.2, 0) is 4.84 Å². The summed E-state index contributed by atoms with van der Waals surface area (Å²) in [5.41, 5.74) is 3.01. The van der Waals surface area contributed by atoms with Crippen LogP contribution in [0.25, 0.3) is 0 Å². The van der Waals surface area contributed by atoms with E-state index in [2.05, 4.69) is 30.4 Å². The maximum atomic E-state index is 12.3. The van der Waals surface area contributed by atoms with E-state index in [-0.39, 0.29) is 23.0 Å². The molecule has 6 nitrogen and oxygen atoms in total. The fourth-order valence-corrected chi connectivity index (χ4v) is 7.94. The van der Waals surface area contributed by atoms with Crippen LogP contribution in [0.15, 0.2) is 16.8 Å². The molecule has 180 valence electrons. The molecule has 0 aliphatic heterocycles. The van der Waals surface area contributed by atoms with Gasteiger partial charge in [-0.15, -0.1) is 0 Å². The number of nitrogens with one attached hydrogen (secondary N) is 1. The lowest BCUT2D eigenvalue weighted by Gasteiger charge is -2.58. The quantitative estimate of drug-likeness (QED) is 0.281. The van der Waals surface area contributed by atoms with Crippen LogP contribution >= 0.6 is 0 Å². The summed E-state index contributed by atoms with van der Waals surface area (Å²) in [6.07, 6.45) is 10.9. The van der Waals surface area contributed by atoms with Crippen molar-refractivity contribution in [1.82, 2.24) is 10.2 Å². The van der Waals surface area contributed by atoms with E-state index < -0.39 is 0 Å². The summed E-state index contributed by atoms with van der Waals surface area (Å²) in [6, 6.07) is 0. The Morgan fingerprint density at radius 2 is 2.03 bits per heavy atom. The van der Waals surface area contributed by atoms with Gasteiger partial charge in [-0.25, -0.2) is 4.79 Å². The Balaban J connectivity index is 1.46. The van der Waals surface area contributed by atoms with E-state index in [9.17, 15) is 9.90 Å². The summed E-state index contributed by atoms with van der Waals surface area (Å²) in [7, 11) is 3.61. The summed E-state index contributed by atoms with van der Waals surface area (Å²) in [4.78, 5) is 19.1. The number of hydrogen-bond donors (Lipinski definition) is 2. The molecule has 0 aromatic carbocycles. The van der Waals surface area contributed by atoms with Gasteiger partial charge in [-0.05, 0) is 93.9 Å². The van der Waals surface area contributed by atoms with Crippen molar-refractivity contribution in [2.45, 2.75) is 78.2 Å². The predicted molar refractivity (Wildman–Crippen MR) is 127 cm³/mol. The van der Waals surface area contributed by atoms with Crippen LogP contribution in [0.2, 0.25) is 0 Å². The van der Waals surface area contributed by atoms with Crippen LogP contribution in [0, 0.1) is 34.5 Å². The normalized spacial score (nSPS) is 41.2. The number of aliphatic hydroxyl groups excluding tert-OH is 1. The molecule has 32 heavy (non-hydrogen) atoms. The second kappa shape index (κ2) is 9.09. The first-order valence-corrected chi connectivity index (χ1v) is 12.7. The highest BCUT2D eigenvalue weighted by atomic mass is 16.7. The molecule has 7 atom stereocenters. The van der Waals surface area contributed by atoms with E-state index in [1.165, 1.54) is 24.8 Å². The van der Waals surface area contributed by atoms with Crippen molar-refractivity contribution in [1.29, 1.82) is 0 Å². The van der Waals surface area contributed by atoms with Gasteiger partial charge >= 0.3 is 6.09 Å². The highest BCUT2D eigenvalue weighted by molar-refractivity contribution is 5.85. The lowest BCUT2D eigenvalue weighted by Crippen LogP contribution is -2.50. The minimum Gasteiger partial charge on any atom is -0.393 e. The topological polar surface area (TPSA) is 74.2 Å². The molecule has 0 spiro atoms. The van der Waals surface area contributed by atoms with Crippen LogP contribution in [0.4, 0.5) is 4.79 Å². The van der Waals surface area contributed by atoms with Gasteiger partial charge in [0.1, 0.15) is 0 Å². The first-order chi connectivity index (χ1) is 15.2. The second-order valence-corrected chi connectivity index (χ2v) is 11.4. The molecule has 0 aromatic heterocycles. The SMILES string of the molecule is CNCCN(C)C(=O)O/N=C(\C)[C@H]1CC[C@H]2[C@@H]3CC=C4C[C@@H](O)CC[C@]4(C)[C@H]3CC[C@]12C. The third kappa shape index (κ3) is 4.02. The van der Waals surface area contributed by atoms with Crippen molar-refractivity contribution in [3.05, 3.63) is 11.6 Å². The Kier molecular flexibility index (Phi) is 6.75. The maximum absolute atomic E-state index is 12.3. The Hall–Kier alpha value is -1.40. The fourth-order valence-electron chi connectivity index (χ4n) is 7.94. The van der Waals surface area contributed by atoms with Crippen molar-refractivity contribution >= 4 is 11.8 Å². The van der Waals surface area contributed by atoms with Crippen molar-refractivity contribution in [2.75, 3.05) is 27.2 Å². The average molecular weight is 446 g/mol. The monoisotopic (exact) mass is 445 g/mol. The molecule has 3 fully saturated rings. The number of fused-ring (bicyclic) bond motifs is 5. The average Bonchev–Trinajstić information content (AvgIpc) is 3.13. The van der Waals surface area contributed by atoms with Gasteiger partial charge in [0.25, 0.3) is 0 Å². The molecule has 4 aliphatic rings. The molecule has 6 heteroatoms. The Bertz CT molecular complexity index is 780. The van der Waals surface area contributed by atoms with Gasteiger partial charge in [-0.2, -0.15) is 0 Å². The Morgan fingerprint density at radius 1 is 1.25 bits per heavy atom. The van der Waals surface area contributed by atoms with Crippen LogP contribution in [0.5, 0.6) is 0 Å². The molecule has 2 N–H and O–H groups in total. The molecule has 0 unspecified atom stereocenters. The lowest BCUT2D eigenvalue weighted by atomic mass is 9.47. The van der Waals surface area contributed by atoms with Gasteiger partial charge in [0.15, 0.2) is 0 Å². The van der Waals surface area contributed by atoms with E-state index in [1.54, 1.807) is 11.9 Å². The summed E-state index contributed by atoms with van der Waals surface area (Å²) in [6.45, 7) is 8.33. The molecular formula is C26H43N3O3. The molecule has 0 bridgehead atoms. The highest BCUT2D eigenvalue weighted by Crippen LogP contribution is 2.66. The first kappa shape index (κ1) is 23.7. The van der Waals surface area contributed by atoms with Crippen molar-refractivity contribution in [2.24, 2.45) is 39.7 Å². The van der Waals surface area contributed by atoms with E-state index in [4.69, 9.17) is 4.84 Å². The number of carbonyl (C=O) groups excluding carboxylic acids is 1. The van der Waals surface area contributed by atoms with Crippen LogP contribution in [0.3, 0.4) is 0 Å². The van der Waals surface area contributed by atoms with Gasteiger partial charge in [-0.1, -0.05) is 30.7 Å². The third-order valence-electron chi connectivity index (χ3n) is 9.86. The molecule has 3 saturated carbocycles. The summed E-state index contributed by atoms with van der Waals surface area (Å²) >= 11 is 0. The molecule has 4 rings (SSSR count). The molecule has 0 heterocycles. The number of oxime groups is 1.